The maximum Gasteiger partial charge on any atom is 0.252 e. The van der Waals surface area contributed by atoms with Gasteiger partial charge in [0.05, 0.1) is 35.7 Å². The van der Waals surface area contributed by atoms with Gasteiger partial charge in [0.1, 0.15) is 0 Å². The lowest BCUT2D eigenvalue weighted by molar-refractivity contribution is 0.0374. The van der Waals surface area contributed by atoms with Crippen molar-refractivity contribution in [2.75, 3.05) is 39.4 Å². The Hall–Kier alpha value is -2.83. The third-order valence-corrected chi connectivity index (χ3v) is 4.93. The summed E-state index contributed by atoms with van der Waals surface area (Å²) in [5.74, 6) is -0.0715. The van der Waals surface area contributed by atoms with Crippen molar-refractivity contribution in [2.45, 2.75) is 6.42 Å². The molecule has 0 spiro atoms. The molecule has 0 saturated carbocycles. The summed E-state index contributed by atoms with van der Waals surface area (Å²) in [7, 11) is 0. The van der Waals surface area contributed by atoms with E-state index in [-0.39, 0.29) is 5.91 Å². The average Bonchev–Trinajstić information content (AvgIpc) is 2.77. The summed E-state index contributed by atoms with van der Waals surface area (Å²) in [5.41, 5.74) is 2.90. The van der Waals surface area contributed by atoms with E-state index >= 15 is 0 Å². The summed E-state index contributed by atoms with van der Waals surface area (Å²) in [4.78, 5) is 24.3. The minimum Gasteiger partial charge on any atom is -0.379 e. The van der Waals surface area contributed by atoms with Crippen LogP contribution in [0.4, 0.5) is 0 Å². The summed E-state index contributed by atoms with van der Waals surface area (Å²) < 4.78 is 5.37. The first-order chi connectivity index (χ1) is 13.8. The summed E-state index contributed by atoms with van der Waals surface area (Å²) in [6.45, 7) is 5.15. The highest BCUT2D eigenvalue weighted by Crippen LogP contribution is 2.23. The number of nitrogens with one attached hydrogen (secondary N) is 1. The third kappa shape index (κ3) is 4.35. The average molecular weight is 376 g/mol. The quantitative estimate of drug-likeness (QED) is 0.670. The van der Waals surface area contributed by atoms with Crippen LogP contribution in [0.5, 0.6) is 0 Å². The van der Waals surface area contributed by atoms with Crippen molar-refractivity contribution in [3.8, 4) is 11.4 Å². The van der Waals surface area contributed by atoms with Gasteiger partial charge in [0, 0.05) is 31.2 Å². The fourth-order valence-electron chi connectivity index (χ4n) is 3.43. The molecule has 28 heavy (non-hydrogen) atoms. The predicted molar refractivity (Wildman–Crippen MR) is 109 cm³/mol. The van der Waals surface area contributed by atoms with E-state index in [1.54, 1.807) is 6.20 Å². The minimum atomic E-state index is -0.0715. The van der Waals surface area contributed by atoms with Gasteiger partial charge in [-0.05, 0) is 37.2 Å². The zero-order valence-electron chi connectivity index (χ0n) is 15.8. The van der Waals surface area contributed by atoms with Crippen molar-refractivity contribution in [3.63, 3.8) is 0 Å². The Labute approximate surface area is 164 Å². The molecule has 1 saturated heterocycles. The fourth-order valence-corrected chi connectivity index (χ4v) is 3.43. The van der Waals surface area contributed by atoms with E-state index in [9.17, 15) is 4.79 Å². The number of ether oxygens (including phenoxy) is 1. The molecule has 1 aromatic carbocycles. The zero-order valence-corrected chi connectivity index (χ0v) is 15.8. The number of para-hydroxylation sites is 1. The molecule has 0 radical (unpaired) electrons. The highest BCUT2D eigenvalue weighted by Gasteiger charge is 2.14. The highest BCUT2D eigenvalue weighted by atomic mass is 16.5. The van der Waals surface area contributed by atoms with Gasteiger partial charge in [-0.1, -0.05) is 24.3 Å². The molecule has 0 aliphatic carbocycles. The molecule has 1 fully saturated rings. The van der Waals surface area contributed by atoms with Gasteiger partial charge in [-0.25, -0.2) is 4.98 Å². The standard InChI is InChI=1S/C22H24N4O2/c27-22(24-10-5-11-26-12-14-28-15-13-26)18-16-21(20-8-3-4-9-23-20)25-19-7-2-1-6-17(18)19/h1-4,6-9,16H,5,10-15H2,(H,24,27). The van der Waals surface area contributed by atoms with Crippen LogP contribution in [0.1, 0.15) is 16.8 Å². The van der Waals surface area contributed by atoms with Crippen LogP contribution in [-0.4, -0.2) is 60.2 Å². The first kappa shape index (κ1) is 18.5. The van der Waals surface area contributed by atoms with Gasteiger partial charge >= 0.3 is 0 Å². The molecule has 3 heterocycles. The maximum absolute atomic E-state index is 12.9. The molecule has 1 aliphatic rings. The number of aromatic nitrogens is 2. The third-order valence-electron chi connectivity index (χ3n) is 4.93. The van der Waals surface area contributed by atoms with Gasteiger partial charge in [-0.2, -0.15) is 0 Å². The Bertz CT molecular complexity index is 940. The molecule has 0 atom stereocenters. The number of pyridine rings is 2. The van der Waals surface area contributed by atoms with Crippen molar-refractivity contribution in [1.29, 1.82) is 0 Å². The second-order valence-electron chi connectivity index (χ2n) is 6.85. The van der Waals surface area contributed by atoms with Crippen LogP contribution in [0.3, 0.4) is 0 Å². The first-order valence-electron chi connectivity index (χ1n) is 9.71. The van der Waals surface area contributed by atoms with E-state index in [2.05, 4.69) is 20.2 Å². The van der Waals surface area contributed by atoms with Crippen LogP contribution in [-0.2, 0) is 4.74 Å². The molecular weight excluding hydrogens is 352 g/mol. The molecule has 0 bridgehead atoms. The number of morpholine rings is 1. The van der Waals surface area contributed by atoms with Crippen molar-refractivity contribution >= 4 is 16.8 Å². The molecule has 0 unspecified atom stereocenters. The van der Waals surface area contributed by atoms with Crippen LogP contribution in [0.15, 0.2) is 54.7 Å². The van der Waals surface area contributed by atoms with Gasteiger partial charge in [0.25, 0.3) is 5.91 Å². The van der Waals surface area contributed by atoms with E-state index < -0.39 is 0 Å². The predicted octanol–water partition coefficient (Wildman–Crippen LogP) is 2.75. The van der Waals surface area contributed by atoms with E-state index in [1.165, 1.54) is 0 Å². The van der Waals surface area contributed by atoms with Crippen LogP contribution in [0.2, 0.25) is 0 Å². The number of amides is 1. The second-order valence-corrected chi connectivity index (χ2v) is 6.85. The topological polar surface area (TPSA) is 67.4 Å². The van der Waals surface area contributed by atoms with E-state index in [0.29, 0.717) is 17.8 Å². The fraction of sp³-hybridized carbons (Fsp3) is 0.318. The summed E-state index contributed by atoms with van der Waals surface area (Å²) in [5, 5.41) is 3.92. The van der Waals surface area contributed by atoms with Gasteiger partial charge < -0.3 is 10.1 Å². The van der Waals surface area contributed by atoms with Crippen LogP contribution >= 0.6 is 0 Å². The van der Waals surface area contributed by atoms with E-state index in [0.717, 1.165) is 55.9 Å². The zero-order chi connectivity index (χ0) is 19.2. The summed E-state index contributed by atoms with van der Waals surface area (Å²) in [6.07, 6.45) is 2.65. The SMILES string of the molecule is O=C(NCCCN1CCOCC1)c1cc(-c2ccccn2)nc2ccccc12. The highest BCUT2D eigenvalue weighted by molar-refractivity contribution is 6.07. The number of carbonyl (C=O) groups is 1. The first-order valence-corrected chi connectivity index (χ1v) is 9.71. The van der Waals surface area contributed by atoms with Crippen molar-refractivity contribution in [3.05, 3.63) is 60.3 Å². The smallest absolute Gasteiger partial charge is 0.252 e. The lowest BCUT2D eigenvalue weighted by atomic mass is 10.1. The van der Waals surface area contributed by atoms with Crippen molar-refractivity contribution < 1.29 is 9.53 Å². The Morgan fingerprint density at radius 1 is 1.07 bits per heavy atom. The number of hydrogen-bond donors (Lipinski definition) is 1. The summed E-state index contributed by atoms with van der Waals surface area (Å²) in [6, 6.07) is 15.3. The molecule has 1 amide bonds. The molecule has 6 nitrogen and oxygen atoms in total. The molecular formula is C22H24N4O2. The molecule has 1 N–H and O–H groups in total. The van der Waals surface area contributed by atoms with E-state index in [4.69, 9.17) is 4.74 Å². The Kier molecular flexibility index (Phi) is 5.89. The number of rotatable bonds is 6. The van der Waals surface area contributed by atoms with Gasteiger partial charge in [-0.15, -0.1) is 0 Å². The lowest BCUT2D eigenvalue weighted by Crippen LogP contribution is -2.38. The Morgan fingerprint density at radius 2 is 1.89 bits per heavy atom. The molecule has 3 aromatic rings. The number of nitrogens with zero attached hydrogens (tertiary/aromatic N) is 3. The van der Waals surface area contributed by atoms with E-state index in [1.807, 2.05) is 48.5 Å². The van der Waals surface area contributed by atoms with Gasteiger partial charge in [0.15, 0.2) is 0 Å². The second kappa shape index (κ2) is 8.91. The minimum absolute atomic E-state index is 0.0715. The largest absolute Gasteiger partial charge is 0.379 e. The summed E-state index contributed by atoms with van der Waals surface area (Å²) >= 11 is 0. The molecule has 4 rings (SSSR count). The monoisotopic (exact) mass is 376 g/mol. The molecule has 144 valence electrons. The Morgan fingerprint density at radius 3 is 2.71 bits per heavy atom. The maximum atomic E-state index is 12.9. The number of fused-ring (bicyclic) bond motifs is 1. The van der Waals surface area contributed by atoms with Crippen LogP contribution < -0.4 is 5.32 Å². The van der Waals surface area contributed by atoms with Crippen molar-refractivity contribution in [2.24, 2.45) is 0 Å². The lowest BCUT2D eigenvalue weighted by Gasteiger charge is -2.26. The van der Waals surface area contributed by atoms with Crippen LogP contribution in [0.25, 0.3) is 22.3 Å². The molecule has 2 aromatic heterocycles. The number of hydrogen-bond acceptors (Lipinski definition) is 5. The van der Waals surface area contributed by atoms with Crippen molar-refractivity contribution in [1.82, 2.24) is 20.2 Å². The number of benzene rings is 1. The molecule has 1 aliphatic heterocycles. The van der Waals surface area contributed by atoms with Gasteiger partial charge in [-0.3, -0.25) is 14.7 Å². The Balaban J connectivity index is 1.49. The van der Waals surface area contributed by atoms with Crippen LogP contribution in [0, 0.1) is 0 Å². The van der Waals surface area contributed by atoms with Gasteiger partial charge in [0.2, 0.25) is 0 Å². The molecule has 6 heteroatoms. The number of carbonyl (C=O) groups excluding carboxylic acids is 1. The normalized spacial score (nSPS) is 14.9.